The summed E-state index contributed by atoms with van der Waals surface area (Å²) < 4.78 is 18.9. The molecule has 0 heterocycles. The number of para-hydroxylation sites is 1. The molecule has 5 nitrogen and oxygen atoms in total. The minimum atomic E-state index is -0.397. The van der Waals surface area contributed by atoms with Crippen LogP contribution in [-0.4, -0.2) is 36.9 Å². The van der Waals surface area contributed by atoms with Gasteiger partial charge in [0.1, 0.15) is 11.6 Å². The summed E-state index contributed by atoms with van der Waals surface area (Å²) in [4.78, 5) is 25.0. The van der Waals surface area contributed by atoms with Crippen molar-refractivity contribution in [1.82, 2.24) is 10.2 Å². The molecule has 0 atom stereocenters. The zero-order chi connectivity index (χ0) is 17.4. The summed E-state index contributed by atoms with van der Waals surface area (Å²) in [5, 5.41) is 2.49. The predicted molar refractivity (Wildman–Crippen MR) is 87.8 cm³/mol. The first-order chi connectivity index (χ1) is 11.6. The highest BCUT2D eigenvalue weighted by Crippen LogP contribution is 2.09. The standard InChI is InChI=1S/C18H19FN2O3/c1-21(12-14-7-5-6-10-16(14)19)18(23)11-20-17(22)13-24-15-8-3-2-4-9-15/h2-10H,11-13H2,1H3,(H,20,22). The Morgan fingerprint density at radius 2 is 1.75 bits per heavy atom. The number of nitrogens with one attached hydrogen (secondary N) is 1. The highest BCUT2D eigenvalue weighted by molar-refractivity contribution is 5.85. The van der Waals surface area contributed by atoms with Gasteiger partial charge in [-0.25, -0.2) is 4.39 Å². The van der Waals surface area contributed by atoms with E-state index in [1.54, 1.807) is 49.5 Å². The van der Waals surface area contributed by atoms with Gasteiger partial charge in [0.25, 0.3) is 5.91 Å². The average molecular weight is 330 g/mol. The van der Waals surface area contributed by atoms with Gasteiger partial charge >= 0.3 is 0 Å². The van der Waals surface area contributed by atoms with Crippen molar-refractivity contribution in [2.24, 2.45) is 0 Å². The fourth-order valence-electron chi connectivity index (χ4n) is 2.00. The molecule has 2 amide bonds. The first-order valence-electron chi connectivity index (χ1n) is 7.48. The van der Waals surface area contributed by atoms with E-state index < -0.39 is 5.91 Å². The van der Waals surface area contributed by atoms with E-state index in [0.717, 1.165) is 0 Å². The van der Waals surface area contributed by atoms with Crippen molar-refractivity contribution < 1.29 is 18.7 Å². The van der Waals surface area contributed by atoms with Crippen molar-refractivity contribution in [3.8, 4) is 5.75 Å². The maximum Gasteiger partial charge on any atom is 0.258 e. The van der Waals surface area contributed by atoms with Crippen molar-refractivity contribution in [2.45, 2.75) is 6.54 Å². The summed E-state index contributed by atoms with van der Waals surface area (Å²) in [6, 6.07) is 15.2. The minimum Gasteiger partial charge on any atom is -0.484 e. The Bertz CT molecular complexity index is 692. The topological polar surface area (TPSA) is 58.6 Å². The lowest BCUT2D eigenvalue weighted by atomic mass is 10.2. The van der Waals surface area contributed by atoms with Gasteiger partial charge in [0.15, 0.2) is 6.61 Å². The number of ether oxygens (including phenoxy) is 1. The summed E-state index contributed by atoms with van der Waals surface area (Å²) in [5.41, 5.74) is 0.423. The third-order valence-corrected chi connectivity index (χ3v) is 3.34. The van der Waals surface area contributed by atoms with Crippen LogP contribution >= 0.6 is 0 Å². The molecule has 0 bridgehead atoms. The summed E-state index contributed by atoms with van der Waals surface area (Å²) in [5.74, 6) is -0.495. The number of amides is 2. The van der Waals surface area contributed by atoms with Gasteiger partial charge in [-0.15, -0.1) is 0 Å². The van der Waals surface area contributed by atoms with Gasteiger partial charge in [0, 0.05) is 19.2 Å². The molecular weight excluding hydrogens is 311 g/mol. The molecule has 0 aliphatic rings. The lowest BCUT2D eigenvalue weighted by molar-refractivity contribution is -0.132. The van der Waals surface area contributed by atoms with E-state index in [4.69, 9.17) is 4.74 Å². The van der Waals surface area contributed by atoms with Gasteiger partial charge in [-0.1, -0.05) is 36.4 Å². The number of nitrogens with zero attached hydrogens (tertiary/aromatic N) is 1. The Kier molecular flexibility index (Phi) is 6.31. The number of rotatable bonds is 7. The predicted octanol–water partition coefficient (Wildman–Crippen LogP) is 1.98. The molecule has 6 heteroatoms. The molecule has 0 aliphatic carbocycles. The van der Waals surface area contributed by atoms with E-state index >= 15 is 0 Å². The van der Waals surface area contributed by atoms with Crippen molar-refractivity contribution in [1.29, 1.82) is 0 Å². The average Bonchev–Trinajstić information content (AvgIpc) is 2.60. The highest BCUT2D eigenvalue weighted by atomic mass is 19.1. The van der Waals surface area contributed by atoms with Crippen molar-refractivity contribution in [3.63, 3.8) is 0 Å². The molecule has 126 valence electrons. The summed E-state index contributed by atoms with van der Waals surface area (Å²) in [7, 11) is 1.56. The smallest absolute Gasteiger partial charge is 0.258 e. The monoisotopic (exact) mass is 330 g/mol. The van der Waals surface area contributed by atoms with Crippen LogP contribution in [0.5, 0.6) is 5.75 Å². The third kappa shape index (κ3) is 5.39. The van der Waals surface area contributed by atoms with Crippen LogP contribution in [-0.2, 0) is 16.1 Å². The quantitative estimate of drug-likeness (QED) is 0.844. The van der Waals surface area contributed by atoms with Crippen molar-refractivity contribution in [2.75, 3.05) is 20.2 Å². The molecule has 0 fully saturated rings. The molecule has 0 aromatic heterocycles. The van der Waals surface area contributed by atoms with Crippen LogP contribution in [0.4, 0.5) is 4.39 Å². The van der Waals surface area contributed by atoms with E-state index in [1.807, 2.05) is 6.07 Å². The van der Waals surface area contributed by atoms with E-state index in [2.05, 4.69) is 5.32 Å². The Morgan fingerprint density at radius 3 is 2.46 bits per heavy atom. The molecule has 2 aromatic rings. The molecule has 0 saturated carbocycles. The molecule has 24 heavy (non-hydrogen) atoms. The second kappa shape index (κ2) is 8.67. The zero-order valence-electron chi connectivity index (χ0n) is 13.4. The van der Waals surface area contributed by atoms with E-state index in [-0.39, 0.29) is 31.4 Å². The van der Waals surface area contributed by atoms with Crippen LogP contribution in [0.3, 0.4) is 0 Å². The molecular formula is C18H19FN2O3. The lowest BCUT2D eigenvalue weighted by Gasteiger charge is -2.18. The molecule has 0 radical (unpaired) electrons. The van der Waals surface area contributed by atoms with Gasteiger partial charge in [-0.2, -0.15) is 0 Å². The van der Waals surface area contributed by atoms with Crippen LogP contribution < -0.4 is 10.1 Å². The van der Waals surface area contributed by atoms with Crippen LogP contribution in [0.15, 0.2) is 54.6 Å². The maximum atomic E-state index is 13.6. The number of likely N-dealkylation sites (N-methyl/N-ethyl adjacent to an activating group) is 1. The summed E-state index contributed by atoms with van der Waals surface area (Å²) in [6.45, 7) is -0.196. The van der Waals surface area contributed by atoms with Crippen LogP contribution in [0.25, 0.3) is 0 Å². The largest absolute Gasteiger partial charge is 0.484 e. The summed E-state index contributed by atoms with van der Waals surface area (Å²) in [6.07, 6.45) is 0. The maximum absolute atomic E-state index is 13.6. The fourth-order valence-corrected chi connectivity index (χ4v) is 2.00. The molecule has 0 spiro atoms. The molecule has 0 saturated heterocycles. The number of benzene rings is 2. The second-order valence-electron chi connectivity index (χ2n) is 5.22. The number of carbonyl (C=O) groups excluding carboxylic acids is 2. The Hall–Kier alpha value is -2.89. The van der Waals surface area contributed by atoms with Gasteiger partial charge in [0.2, 0.25) is 5.91 Å². The second-order valence-corrected chi connectivity index (χ2v) is 5.22. The van der Waals surface area contributed by atoms with Gasteiger partial charge < -0.3 is 15.0 Å². The first kappa shape index (κ1) is 17.5. The van der Waals surface area contributed by atoms with E-state index in [1.165, 1.54) is 11.0 Å². The number of hydrogen-bond donors (Lipinski definition) is 1. The van der Waals surface area contributed by atoms with Crippen LogP contribution in [0, 0.1) is 5.82 Å². The summed E-state index contributed by atoms with van der Waals surface area (Å²) >= 11 is 0. The van der Waals surface area contributed by atoms with Gasteiger partial charge in [0.05, 0.1) is 6.54 Å². The van der Waals surface area contributed by atoms with E-state index in [0.29, 0.717) is 11.3 Å². The van der Waals surface area contributed by atoms with Gasteiger partial charge in [-0.05, 0) is 18.2 Å². The van der Waals surface area contributed by atoms with Crippen LogP contribution in [0.2, 0.25) is 0 Å². The molecule has 2 aromatic carbocycles. The molecule has 1 N–H and O–H groups in total. The van der Waals surface area contributed by atoms with Crippen molar-refractivity contribution in [3.05, 3.63) is 66.0 Å². The van der Waals surface area contributed by atoms with Gasteiger partial charge in [-0.3, -0.25) is 9.59 Å². The minimum absolute atomic E-state index is 0.141. The molecule has 0 unspecified atom stereocenters. The Balaban J connectivity index is 1.73. The first-order valence-corrected chi connectivity index (χ1v) is 7.48. The van der Waals surface area contributed by atoms with Crippen molar-refractivity contribution >= 4 is 11.8 Å². The fraction of sp³-hybridized carbons (Fsp3) is 0.222. The number of hydrogen-bond acceptors (Lipinski definition) is 3. The highest BCUT2D eigenvalue weighted by Gasteiger charge is 2.13. The molecule has 2 rings (SSSR count). The normalized spacial score (nSPS) is 10.1. The third-order valence-electron chi connectivity index (χ3n) is 3.34. The molecule has 0 aliphatic heterocycles. The van der Waals surface area contributed by atoms with Crippen LogP contribution in [0.1, 0.15) is 5.56 Å². The number of halogens is 1. The number of carbonyl (C=O) groups is 2. The Labute approximate surface area is 140 Å². The zero-order valence-corrected chi connectivity index (χ0v) is 13.4. The Morgan fingerprint density at radius 1 is 1.08 bits per heavy atom. The lowest BCUT2D eigenvalue weighted by Crippen LogP contribution is -2.39. The van der Waals surface area contributed by atoms with E-state index in [9.17, 15) is 14.0 Å². The SMILES string of the molecule is CN(Cc1ccccc1F)C(=O)CNC(=O)COc1ccccc1.